The van der Waals surface area contributed by atoms with Gasteiger partial charge in [0.1, 0.15) is 0 Å². The first-order valence-electron chi connectivity index (χ1n) is 4.79. The molecule has 0 fully saturated rings. The standard InChI is InChI=1S/C10H22N2/c1-4-8-12(5-2)9-6-7-10(3)11/h4,10H,1,5-9,11H2,2-3H3. The number of nitrogens with two attached hydrogens (primary N) is 1. The van der Waals surface area contributed by atoms with Crippen molar-refractivity contribution in [2.75, 3.05) is 19.6 Å². The van der Waals surface area contributed by atoms with Gasteiger partial charge in [0.2, 0.25) is 0 Å². The number of hydrogen-bond acceptors (Lipinski definition) is 2. The van der Waals surface area contributed by atoms with E-state index in [9.17, 15) is 0 Å². The van der Waals surface area contributed by atoms with Crippen LogP contribution in [0.1, 0.15) is 26.7 Å². The van der Waals surface area contributed by atoms with Crippen molar-refractivity contribution >= 4 is 0 Å². The Balaban J connectivity index is 3.37. The van der Waals surface area contributed by atoms with Gasteiger partial charge in [0, 0.05) is 12.6 Å². The normalized spacial score (nSPS) is 13.3. The Bertz CT molecular complexity index is 110. The van der Waals surface area contributed by atoms with E-state index < -0.39 is 0 Å². The highest BCUT2D eigenvalue weighted by Gasteiger charge is 2.00. The Morgan fingerprint density at radius 2 is 2.25 bits per heavy atom. The third-order valence-electron chi connectivity index (χ3n) is 1.97. The van der Waals surface area contributed by atoms with E-state index in [1.807, 2.05) is 6.08 Å². The van der Waals surface area contributed by atoms with E-state index in [-0.39, 0.29) is 0 Å². The summed E-state index contributed by atoms with van der Waals surface area (Å²) in [6.07, 6.45) is 4.27. The largest absolute Gasteiger partial charge is 0.328 e. The number of likely N-dealkylation sites (N-methyl/N-ethyl adjacent to an activating group) is 1. The van der Waals surface area contributed by atoms with Crippen LogP contribution in [0.3, 0.4) is 0 Å². The highest BCUT2D eigenvalue weighted by molar-refractivity contribution is 4.72. The van der Waals surface area contributed by atoms with E-state index in [4.69, 9.17) is 5.73 Å². The van der Waals surface area contributed by atoms with Crippen molar-refractivity contribution in [1.29, 1.82) is 0 Å². The van der Waals surface area contributed by atoms with Crippen LogP contribution in [0.15, 0.2) is 12.7 Å². The van der Waals surface area contributed by atoms with Crippen molar-refractivity contribution in [2.45, 2.75) is 32.7 Å². The summed E-state index contributed by atoms with van der Waals surface area (Å²) in [7, 11) is 0. The SMILES string of the molecule is C=CCN(CC)CCCC(C)N. The maximum absolute atomic E-state index is 5.66. The van der Waals surface area contributed by atoms with Gasteiger partial charge in [0.15, 0.2) is 0 Å². The molecule has 72 valence electrons. The van der Waals surface area contributed by atoms with E-state index >= 15 is 0 Å². The molecular formula is C10H22N2. The van der Waals surface area contributed by atoms with Crippen LogP contribution in [0.4, 0.5) is 0 Å². The van der Waals surface area contributed by atoms with E-state index in [0.717, 1.165) is 26.1 Å². The van der Waals surface area contributed by atoms with E-state index in [2.05, 4.69) is 25.3 Å². The lowest BCUT2D eigenvalue weighted by atomic mass is 10.2. The molecule has 0 saturated heterocycles. The van der Waals surface area contributed by atoms with Gasteiger partial charge in [-0.1, -0.05) is 13.0 Å². The summed E-state index contributed by atoms with van der Waals surface area (Å²) in [5.41, 5.74) is 5.66. The van der Waals surface area contributed by atoms with Gasteiger partial charge in [-0.15, -0.1) is 6.58 Å². The van der Waals surface area contributed by atoms with E-state index in [0.29, 0.717) is 6.04 Å². The molecule has 0 amide bonds. The van der Waals surface area contributed by atoms with Gasteiger partial charge in [-0.25, -0.2) is 0 Å². The average Bonchev–Trinajstić information content (AvgIpc) is 2.02. The third kappa shape index (κ3) is 6.38. The highest BCUT2D eigenvalue weighted by Crippen LogP contribution is 1.97. The molecule has 1 unspecified atom stereocenters. The number of rotatable bonds is 7. The fraction of sp³-hybridized carbons (Fsp3) is 0.800. The fourth-order valence-corrected chi connectivity index (χ4v) is 1.20. The van der Waals surface area contributed by atoms with Gasteiger partial charge in [0.25, 0.3) is 0 Å². The second kappa shape index (κ2) is 7.32. The van der Waals surface area contributed by atoms with Crippen LogP contribution in [0, 0.1) is 0 Å². The van der Waals surface area contributed by atoms with E-state index in [1.165, 1.54) is 6.42 Å². The van der Waals surface area contributed by atoms with Crippen molar-refractivity contribution in [3.63, 3.8) is 0 Å². The lowest BCUT2D eigenvalue weighted by Crippen LogP contribution is -2.26. The van der Waals surface area contributed by atoms with Crippen LogP contribution in [-0.2, 0) is 0 Å². The van der Waals surface area contributed by atoms with Gasteiger partial charge in [-0.2, -0.15) is 0 Å². The van der Waals surface area contributed by atoms with Gasteiger partial charge < -0.3 is 5.73 Å². The lowest BCUT2D eigenvalue weighted by molar-refractivity contribution is 0.308. The maximum Gasteiger partial charge on any atom is 0.0160 e. The molecular weight excluding hydrogens is 148 g/mol. The van der Waals surface area contributed by atoms with Crippen LogP contribution in [0.25, 0.3) is 0 Å². The molecule has 2 heteroatoms. The monoisotopic (exact) mass is 170 g/mol. The summed E-state index contributed by atoms with van der Waals surface area (Å²) in [6, 6.07) is 0.340. The van der Waals surface area contributed by atoms with Gasteiger partial charge in [-0.05, 0) is 32.9 Å². The average molecular weight is 170 g/mol. The van der Waals surface area contributed by atoms with Crippen molar-refractivity contribution in [2.24, 2.45) is 5.73 Å². The molecule has 0 radical (unpaired) electrons. The second-order valence-corrected chi connectivity index (χ2v) is 3.30. The first-order chi connectivity index (χ1) is 5.70. The van der Waals surface area contributed by atoms with Crippen molar-refractivity contribution in [3.05, 3.63) is 12.7 Å². The molecule has 12 heavy (non-hydrogen) atoms. The molecule has 2 nitrogen and oxygen atoms in total. The zero-order valence-corrected chi connectivity index (χ0v) is 8.42. The molecule has 0 aromatic rings. The predicted molar refractivity (Wildman–Crippen MR) is 55.2 cm³/mol. The zero-order valence-electron chi connectivity index (χ0n) is 8.42. The zero-order chi connectivity index (χ0) is 9.40. The molecule has 0 aliphatic rings. The number of nitrogens with zero attached hydrogens (tertiary/aromatic N) is 1. The smallest absolute Gasteiger partial charge is 0.0160 e. The highest BCUT2D eigenvalue weighted by atomic mass is 15.1. The van der Waals surface area contributed by atoms with Crippen LogP contribution in [0.5, 0.6) is 0 Å². The van der Waals surface area contributed by atoms with Crippen molar-refractivity contribution in [1.82, 2.24) is 4.90 Å². The van der Waals surface area contributed by atoms with Crippen molar-refractivity contribution in [3.8, 4) is 0 Å². The molecule has 0 aliphatic heterocycles. The first-order valence-corrected chi connectivity index (χ1v) is 4.79. The van der Waals surface area contributed by atoms with Crippen LogP contribution in [-0.4, -0.2) is 30.6 Å². The minimum atomic E-state index is 0.340. The molecule has 0 bridgehead atoms. The Kier molecular flexibility index (Phi) is 7.11. The molecule has 0 heterocycles. The summed E-state index contributed by atoms with van der Waals surface area (Å²) in [5, 5.41) is 0. The Morgan fingerprint density at radius 1 is 1.58 bits per heavy atom. The Hall–Kier alpha value is -0.340. The van der Waals surface area contributed by atoms with E-state index in [1.54, 1.807) is 0 Å². The molecule has 1 atom stereocenters. The molecule has 0 aromatic heterocycles. The third-order valence-corrected chi connectivity index (χ3v) is 1.97. The Labute approximate surface area is 76.4 Å². The van der Waals surface area contributed by atoms with Crippen LogP contribution in [0.2, 0.25) is 0 Å². The second-order valence-electron chi connectivity index (χ2n) is 3.30. The molecule has 0 rings (SSSR count). The Morgan fingerprint density at radius 3 is 2.67 bits per heavy atom. The number of hydrogen-bond donors (Lipinski definition) is 1. The summed E-state index contributed by atoms with van der Waals surface area (Å²) in [6.45, 7) is 11.2. The predicted octanol–water partition coefficient (Wildman–Crippen LogP) is 1.62. The molecule has 0 aromatic carbocycles. The summed E-state index contributed by atoms with van der Waals surface area (Å²) in [4.78, 5) is 2.37. The lowest BCUT2D eigenvalue weighted by Gasteiger charge is -2.18. The molecule has 0 spiro atoms. The molecule has 0 saturated carbocycles. The minimum absolute atomic E-state index is 0.340. The molecule has 2 N–H and O–H groups in total. The minimum Gasteiger partial charge on any atom is -0.328 e. The van der Waals surface area contributed by atoms with Crippen LogP contribution < -0.4 is 5.73 Å². The summed E-state index contributed by atoms with van der Waals surface area (Å²) in [5.74, 6) is 0. The van der Waals surface area contributed by atoms with Gasteiger partial charge in [0.05, 0.1) is 0 Å². The first kappa shape index (κ1) is 11.7. The van der Waals surface area contributed by atoms with Crippen LogP contribution >= 0.6 is 0 Å². The summed E-state index contributed by atoms with van der Waals surface area (Å²) < 4.78 is 0. The van der Waals surface area contributed by atoms with Crippen molar-refractivity contribution < 1.29 is 0 Å². The topological polar surface area (TPSA) is 29.3 Å². The molecule has 0 aliphatic carbocycles. The van der Waals surface area contributed by atoms with Gasteiger partial charge in [-0.3, -0.25) is 4.90 Å². The summed E-state index contributed by atoms with van der Waals surface area (Å²) >= 11 is 0. The quantitative estimate of drug-likeness (QED) is 0.588. The maximum atomic E-state index is 5.66. The fourth-order valence-electron chi connectivity index (χ4n) is 1.20. The van der Waals surface area contributed by atoms with Gasteiger partial charge >= 0.3 is 0 Å².